The maximum absolute atomic E-state index is 4.04. The van der Waals surface area contributed by atoms with E-state index in [9.17, 15) is 0 Å². The van der Waals surface area contributed by atoms with Crippen LogP contribution in [0, 0.1) is 0 Å². The predicted octanol–water partition coefficient (Wildman–Crippen LogP) is 2.49. The number of nitrogens with one attached hydrogen (secondary N) is 1. The van der Waals surface area contributed by atoms with Crippen LogP contribution in [0.3, 0.4) is 0 Å². The molecule has 1 N–H and O–H groups in total. The SMILES string of the molecule is CCCNCc1ccc(Cn2ccnc2)s1. The molecule has 0 atom stereocenters. The Morgan fingerprint density at radius 3 is 3.00 bits per heavy atom. The van der Waals surface area contributed by atoms with Crippen LogP contribution in [0.2, 0.25) is 0 Å². The molecule has 0 aliphatic heterocycles. The fourth-order valence-electron chi connectivity index (χ4n) is 1.55. The van der Waals surface area contributed by atoms with Crippen LogP contribution in [0.25, 0.3) is 0 Å². The number of aromatic nitrogens is 2. The van der Waals surface area contributed by atoms with Gasteiger partial charge in [-0.1, -0.05) is 6.92 Å². The summed E-state index contributed by atoms with van der Waals surface area (Å²) >= 11 is 1.87. The molecule has 0 aliphatic rings. The van der Waals surface area contributed by atoms with Crippen LogP contribution >= 0.6 is 11.3 Å². The second-order valence-corrected chi connectivity index (χ2v) is 5.03. The fraction of sp³-hybridized carbons (Fsp3) is 0.417. The Balaban J connectivity index is 1.87. The Bertz CT molecular complexity index is 406. The van der Waals surface area contributed by atoms with E-state index in [0.717, 1.165) is 19.6 Å². The molecule has 0 aliphatic carbocycles. The zero-order valence-corrected chi connectivity index (χ0v) is 10.3. The first-order valence-corrected chi connectivity index (χ1v) is 6.44. The van der Waals surface area contributed by atoms with E-state index in [1.807, 2.05) is 30.1 Å². The normalized spacial score (nSPS) is 10.8. The zero-order chi connectivity index (χ0) is 11.2. The summed E-state index contributed by atoms with van der Waals surface area (Å²) in [6, 6.07) is 4.41. The van der Waals surface area contributed by atoms with Crippen LogP contribution in [-0.4, -0.2) is 16.1 Å². The van der Waals surface area contributed by atoms with Gasteiger partial charge in [-0.25, -0.2) is 4.98 Å². The van der Waals surface area contributed by atoms with Gasteiger partial charge < -0.3 is 9.88 Å². The molecule has 2 aromatic heterocycles. The minimum atomic E-state index is 0.929. The minimum absolute atomic E-state index is 0.929. The summed E-state index contributed by atoms with van der Waals surface area (Å²) in [5.74, 6) is 0. The Labute approximate surface area is 100 Å². The molecule has 2 heterocycles. The lowest BCUT2D eigenvalue weighted by Crippen LogP contribution is -2.12. The van der Waals surface area contributed by atoms with Crippen LogP contribution in [-0.2, 0) is 13.1 Å². The standard InChI is InChI=1S/C12H17N3S/c1-2-5-13-8-11-3-4-12(16-11)9-15-7-6-14-10-15/h3-4,6-7,10,13H,2,5,8-9H2,1H3. The van der Waals surface area contributed by atoms with Gasteiger partial charge in [-0.15, -0.1) is 11.3 Å². The summed E-state index contributed by atoms with van der Waals surface area (Å²) < 4.78 is 2.09. The maximum atomic E-state index is 4.04. The molecule has 0 unspecified atom stereocenters. The van der Waals surface area contributed by atoms with Crippen molar-refractivity contribution >= 4 is 11.3 Å². The maximum Gasteiger partial charge on any atom is 0.0949 e. The van der Waals surface area contributed by atoms with Crippen molar-refractivity contribution < 1.29 is 0 Å². The Hall–Kier alpha value is -1.13. The van der Waals surface area contributed by atoms with Crippen LogP contribution in [0.15, 0.2) is 30.9 Å². The quantitative estimate of drug-likeness (QED) is 0.780. The van der Waals surface area contributed by atoms with E-state index in [2.05, 4.69) is 33.9 Å². The first-order chi connectivity index (χ1) is 7.88. The van der Waals surface area contributed by atoms with Gasteiger partial charge in [0.15, 0.2) is 0 Å². The van der Waals surface area contributed by atoms with Crippen molar-refractivity contribution in [2.75, 3.05) is 6.54 Å². The summed E-state index contributed by atoms with van der Waals surface area (Å²) in [6.07, 6.45) is 6.86. The van der Waals surface area contributed by atoms with Crippen molar-refractivity contribution in [3.05, 3.63) is 40.6 Å². The van der Waals surface area contributed by atoms with E-state index < -0.39 is 0 Å². The van der Waals surface area contributed by atoms with Crippen LogP contribution in [0.4, 0.5) is 0 Å². The van der Waals surface area contributed by atoms with Gasteiger partial charge in [0.2, 0.25) is 0 Å². The van der Waals surface area contributed by atoms with Crippen molar-refractivity contribution in [3.63, 3.8) is 0 Å². The number of imidazole rings is 1. The summed E-state index contributed by atoms with van der Waals surface area (Å²) in [5, 5.41) is 3.41. The molecule has 0 spiro atoms. The zero-order valence-electron chi connectivity index (χ0n) is 9.52. The minimum Gasteiger partial charge on any atom is -0.332 e. The summed E-state index contributed by atoms with van der Waals surface area (Å²) in [7, 11) is 0. The van der Waals surface area contributed by atoms with Gasteiger partial charge in [0.05, 0.1) is 12.9 Å². The first-order valence-electron chi connectivity index (χ1n) is 5.62. The molecule has 0 aromatic carbocycles. The molecule has 2 rings (SSSR count). The van der Waals surface area contributed by atoms with Gasteiger partial charge in [0, 0.05) is 28.7 Å². The van der Waals surface area contributed by atoms with E-state index in [4.69, 9.17) is 0 Å². The van der Waals surface area contributed by atoms with Gasteiger partial charge >= 0.3 is 0 Å². The molecule has 4 heteroatoms. The predicted molar refractivity (Wildman–Crippen MR) is 67.6 cm³/mol. The molecule has 2 aromatic rings. The van der Waals surface area contributed by atoms with E-state index in [-0.39, 0.29) is 0 Å². The summed E-state index contributed by atoms with van der Waals surface area (Å²) in [6.45, 7) is 5.20. The Morgan fingerprint density at radius 2 is 2.25 bits per heavy atom. The number of rotatable bonds is 6. The third kappa shape index (κ3) is 3.18. The number of hydrogen-bond acceptors (Lipinski definition) is 3. The van der Waals surface area contributed by atoms with Crippen molar-refractivity contribution in [2.45, 2.75) is 26.4 Å². The smallest absolute Gasteiger partial charge is 0.0949 e. The molecule has 0 radical (unpaired) electrons. The van der Waals surface area contributed by atoms with Crippen LogP contribution in [0.1, 0.15) is 23.1 Å². The third-order valence-electron chi connectivity index (χ3n) is 2.34. The summed E-state index contributed by atoms with van der Waals surface area (Å²) in [5.41, 5.74) is 0. The largest absolute Gasteiger partial charge is 0.332 e. The number of nitrogens with zero attached hydrogens (tertiary/aromatic N) is 2. The third-order valence-corrected chi connectivity index (χ3v) is 3.41. The lowest BCUT2D eigenvalue weighted by molar-refractivity contribution is 0.681. The highest BCUT2D eigenvalue weighted by Gasteiger charge is 2.00. The average molecular weight is 235 g/mol. The number of hydrogen-bond donors (Lipinski definition) is 1. The van der Waals surface area contributed by atoms with Gasteiger partial charge in [-0.2, -0.15) is 0 Å². The molecule has 16 heavy (non-hydrogen) atoms. The lowest BCUT2D eigenvalue weighted by Gasteiger charge is -1.99. The van der Waals surface area contributed by atoms with Gasteiger partial charge in [0.25, 0.3) is 0 Å². The van der Waals surface area contributed by atoms with Crippen molar-refractivity contribution in [3.8, 4) is 0 Å². The molecular weight excluding hydrogens is 218 g/mol. The molecular formula is C12H17N3S. The van der Waals surface area contributed by atoms with Gasteiger partial charge in [-0.3, -0.25) is 0 Å². The number of thiophene rings is 1. The fourth-order valence-corrected chi connectivity index (χ4v) is 2.55. The Morgan fingerprint density at radius 1 is 1.38 bits per heavy atom. The second kappa shape index (κ2) is 5.82. The van der Waals surface area contributed by atoms with Crippen molar-refractivity contribution in [1.29, 1.82) is 0 Å². The molecule has 3 nitrogen and oxygen atoms in total. The van der Waals surface area contributed by atoms with Crippen LogP contribution in [0.5, 0.6) is 0 Å². The topological polar surface area (TPSA) is 29.9 Å². The molecule has 0 bridgehead atoms. The molecule has 0 fully saturated rings. The van der Waals surface area contributed by atoms with E-state index in [0.29, 0.717) is 0 Å². The van der Waals surface area contributed by atoms with E-state index >= 15 is 0 Å². The van der Waals surface area contributed by atoms with Crippen molar-refractivity contribution in [2.24, 2.45) is 0 Å². The molecule has 0 saturated carbocycles. The van der Waals surface area contributed by atoms with Gasteiger partial charge in [0.1, 0.15) is 0 Å². The highest BCUT2D eigenvalue weighted by Crippen LogP contribution is 2.17. The molecule has 0 amide bonds. The highest BCUT2D eigenvalue weighted by molar-refractivity contribution is 7.11. The average Bonchev–Trinajstić information content (AvgIpc) is 2.91. The van der Waals surface area contributed by atoms with E-state index in [1.165, 1.54) is 16.2 Å². The van der Waals surface area contributed by atoms with Crippen LogP contribution < -0.4 is 5.32 Å². The molecule has 0 saturated heterocycles. The monoisotopic (exact) mass is 235 g/mol. The van der Waals surface area contributed by atoms with Crippen molar-refractivity contribution in [1.82, 2.24) is 14.9 Å². The first kappa shape index (κ1) is 11.4. The highest BCUT2D eigenvalue weighted by atomic mass is 32.1. The summed E-state index contributed by atoms with van der Waals surface area (Å²) in [4.78, 5) is 6.83. The van der Waals surface area contributed by atoms with E-state index in [1.54, 1.807) is 0 Å². The molecule has 86 valence electrons. The Kier molecular flexibility index (Phi) is 4.13. The van der Waals surface area contributed by atoms with Gasteiger partial charge in [-0.05, 0) is 25.1 Å². The second-order valence-electron chi connectivity index (χ2n) is 3.78. The lowest BCUT2D eigenvalue weighted by atomic mass is 10.4.